The number of nitrogens with one attached hydrogen (secondary N) is 2. The van der Waals surface area contributed by atoms with Gasteiger partial charge < -0.3 is 0 Å². The highest BCUT2D eigenvalue weighted by atomic mass is 16.1. The van der Waals surface area contributed by atoms with Gasteiger partial charge in [0, 0.05) is 5.56 Å². The van der Waals surface area contributed by atoms with Gasteiger partial charge in [0.15, 0.2) is 0 Å². The molecule has 3 aromatic rings. The van der Waals surface area contributed by atoms with E-state index in [-0.39, 0.29) is 11.9 Å². The van der Waals surface area contributed by atoms with Gasteiger partial charge in [0.25, 0.3) is 11.9 Å². The molecule has 98 valence electrons. The number of aromatic amines is 1. The van der Waals surface area contributed by atoms with E-state index in [9.17, 15) is 4.79 Å². The molecule has 0 radical (unpaired) electrons. The Morgan fingerprint density at radius 1 is 1.00 bits per heavy atom. The van der Waals surface area contributed by atoms with E-state index in [1.807, 2.05) is 48.5 Å². The van der Waals surface area contributed by atoms with Crippen LogP contribution in [0.3, 0.4) is 0 Å². The summed E-state index contributed by atoms with van der Waals surface area (Å²) in [4.78, 5) is 12.1. The van der Waals surface area contributed by atoms with Gasteiger partial charge in [-0.3, -0.25) is 10.1 Å². The van der Waals surface area contributed by atoms with Crippen molar-refractivity contribution >= 4 is 11.9 Å². The maximum absolute atomic E-state index is 12.1. The van der Waals surface area contributed by atoms with E-state index in [2.05, 4.69) is 25.9 Å². The Labute approximate surface area is 114 Å². The van der Waals surface area contributed by atoms with Crippen molar-refractivity contribution in [2.24, 2.45) is 0 Å². The lowest BCUT2D eigenvalue weighted by molar-refractivity contribution is 0.102. The van der Waals surface area contributed by atoms with Gasteiger partial charge in [-0.1, -0.05) is 47.6 Å². The number of carbonyl (C=O) groups is 1. The number of hydrogen-bond donors (Lipinski definition) is 2. The minimum Gasteiger partial charge on any atom is -0.288 e. The molecule has 0 aliphatic carbocycles. The molecule has 0 spiro atoms. The summed E-state index contributed by atoms with van der Waals surface area (Å²) < 4.78 is 0. The number of rotatable bonds is 3. The number of H-pyrrole nitrogens is 1. The van der Waals surface area contributed by atoms with Gasteiger partial charge >= 0.3 is 0 Å². The van der Waals surface area contributed by atoms with Crippen LogP contribution in [0.1, 0.15) is 10.4 Å². The molecular formula is C14H11N5O. The molecule has 0 aliphatic heterocycles. The smallest absolute Gasteiger partial charge is 0.270 e. The minimum atomic E-state index is -0.274. The second kappa shape index (κ2) is 5.31. The fourth-order valence-electron chi connectivity index (χ4n) is 1.86. The average Bonchev–Trinajstić information content (AvgIpc) is 3.01. The molecule has 0 aliphatic rings. The van der Waals surface area contributed by atoms with E-state index < -0.39 is 0 Å². The molecule has 20 heavy (non-hydrogen) atoms. The summed E-state index contributed by atoms with van der Waals surface area (Å²) in [6.07, 6.45) is 0. The Balaban J connectivity index is 1.86. The van der Waals surface area contributed by atoms with E-state index in [0.29, 0.717) is 5.56 Å². The Hall–Kier alpha value is -3.02. The number of carbonyl (C=O) groups excluding carboxylic acids is 1. The Morgan fingerprint density at radius 3 is 2.55 bits per heavy atom. The van der Waals surface area contributed by atoms with E-state index in [1.165, 1.54) is 0 Å². The van der Waals surface area contributed by atoms with Crippen LogP contribution >= 0.6 is 0 Å². The molecule has 1 amide bonds. The zero-order valence-corrected chi connectivity index (χ0v) is 10.4. The first kappa shape index (κ1) is 12.0. The number of hydrogen-bond acceptors (Lipinski definition) is 4. The Kier molecular flexibility index (Phi) is 3.20. The van der Waals surface area contributed by atoms with Crippen LogP contribution in [0.25, 0.3) is 11.1 Å². The highest BCUT2D eigenvalue weighted by Gasteiger charge is 2.09. The molecule has 3 rings (SSSR count). The van der Waals surface area contributed by atoms with Crippen molar-refractivity contribution in [2.45, 2.75) is 0 Å². The van der Waals surface area contributed by atoms with Crippen LogP contribution in [0.4, 0.5) is 5.95 Å². The summed E-state index contributed by atoms with van der Waals surface area (Å²) >= 11 is 0. The quantitative estimate of drug-likeness (QED) is 0.759. The third kappa shape index (κ3) is 2.54. The number of anilines is 1. The molecule has 2 N–H and O–H groups in total. The number of nitrogens with zero attached hydrogens (tertiary/aromatic N) is 3. The summed E-state index contributed by atoms with van der Waals surface area (Å²) in [6.45, 7) is 0. The molecule has 6 nitrogen and oxygen atoms in total. The largest absolute Gasteiger partial charge is 0.288 e. The van der Waals surface area contributed by atoms with Gasteiger partial charge in [-0.05, 0) is 28.5 Å². The zero-order chi connectivity index (χ0) is 13.8. The number of aromatic nitrogens is 4. The van der Waals surface area contributed by atoms with Crippen LogP contribution < -0.4 is 5.32 Å². The third-order valence-corrected chi connectivity index (χ3v) is 2.80. The lowest BCUT2D eigenvalue weighted by Crippen LogP contribution is -2.13. The maximum atomic E-state index is 12.1. The van der Waals surface area contributed by atoms with Crippen molar-refractivity contribution in [3.8, 4) is 11.1 Å². The van der Waals surface area contributed by atoms with E-state index in [0.717, 1.165) is 11.1 Å². The van der Waals surface area contributed by atoms with Crippen molar-refractivity contribution < 1.29 is 4.79 Å². The highest BCUT2D eigenvalue weighted by molar-refractivity contribution is 6.03. The van der Waals surface area contributed by atoms with Crippen molar-refractivity contribution in [1.82, 2.24) is 20.6 Å². The van der Waals surface area contributed by atoms with Gasteiger partial charge in [0.05, 0.1) is 0 Å². The predicted molar refractivity (Wildman–Crippen MR) is 74.0 cm³/mol. The molecule has 6 heteroatoms. The molecule has 2 aromatic carbocycles. The second-order valence-electron chi connectivity index (χ2n) is 4.14. The van der Waals surface area contributed by atoms with Crippen molar-refractivity contribution in [3.63, 3.8) is 0 Å². The molecule has 0 bridgehead atoms. The van der Waals surface area contributed by atoms with Gasteiger partial charge in [0.1, 0.15) is 0 Å². The molecule has 0 saturated carbocycles. The first-order valence-corrected chi connectivity index (χ1v) is 6.03. The zero-order valence-electron chi connectivity index (χ0n) is 10.4. The summed E-state index contributed by atoms with van der Waals surface area (Å²) in [5.41, 5.74) is 2.57. The molecule has 0 saturated heterocycles. The minimum absolute atomic E-state index is 0.153. The highest BCUT2D eigenvalue weighted by Crippen LogP contribution is 2.20. The summed E-state index contributed by atoms with van der Waals surface area (Å²) in [7, 11) is 0. The molecule has 0 unspecified atom stereocenters. The fraction of sp³-hybridized carbons (Fsp3) is 0. The lowest BCUT2D eigenvalue weighted by Gasteiger charge is -2.05. The SMILES string of the molecule is O=C(Nc1nn[nH]n1)c1cccc(-c2ccccc2)c1. The van der Waals surface area contributed by atoms with Crippen molar-refractivity contribution in [2.75, 3.05) is 5.32 Å². The first-order valence-electron chi connectivity index (χ1n) is 6.03. The summed E-state index contributed by atoms with van der Waals surface area (Å²) in [5, 5.41) is 15.6. The summed E-state index contributed by atoms with van der Waals surface area (Å²) in [5.74, 6) is -0.121. The van der Waals surface area contributed by atoms with Gasteiger partial charge in [0.2, 0.25) is 0 Å². The van der Waals surface area contributed by atoms with E-state index in [1.54, 1.807) is 6.07 Å². The van der Waals surface area contributed by atoms with E-state index >= 15 is 0 Å². The second-order valence-corrected chi connectivity index (χ2v) is 4.14. The topological polar surface area (TPSA) is 83.6 Å². The van der Waals surface area contributed by atoms with Gasteiger partial charge in [-0.2, -0.15) is 5.21 Å². The standard InChI is InChI=1S/C14H11N5O/c20-13(15-14-16-18-19-17-14)12-8-4-7-11(9-12)10-5-2-1-3-6-10/h1-9H,(H2,15,16,17,18,19,20). The third-order valence-electron chi connectivity index (χ3n) is 2.80. The molecular weight excluding hydrogens is 254 g/mol. The van der Waals surface area contributed by atoms with Crippen LogP contribution in [0.5, 0.6) is 0 Å². The summed E-state index contributed by atoms with van der Waals surface area (Å²) in [6, 6.07) is 17.2. The number of tetrazole rings is 1. The Morgan fingerprint density at radius 2 is 1.80 bits per heavy atom. The number of amides is 1. The monoisotopic (exact) mass is 265 g/mol. The number of benzene rings is 2. The van der Waals surface area contributed by atoms with Crippen LogP contribution in [0.2, 0.25) is 0 Å². The molecule has 1 heterocycles. The van der Waals surface area contributed by atoms with Gasteiger partial charge in [-0.15, -0.1) is 5.10 Å². The van der Waals surface area contributed by atoms with Gasteiger partial charge in [-0.25, -0.2) is 0 Å². The van der Waals surface area contributed by atoms with Crippen molar-refractivity contribution in [1.29, 1.82) is 0 Å². The van der Waals surface area contributed by atoms with E-state index in [4.69, 9.17) is 0 Å². The molecule has 1 aromatic heterocycles. The predicted octanol–water partition coefficient (Wildman–Crippen LogP) is 2.12. The molecule has 0 atom stereocenters. The first-order chi connectivity index (χ1) is 9.83. The average molecular weight is 265 g/mol. The Bertz CT molecular complexity index is 709. The fourth-order valence-corrected chi connectivity index (χ4v) is 1.86. The normalized spacial score (nSPS) is 10.2. The van der Waals surface area contributed by atoms with Crippen LogP contribution in [-0.2, 0) is 0 Å². The molecule has 0 fully saturated rings. The van der Waals surface area contributed by atoms with Crippen LogP contribution in [0, 0.1) is 0 Å². The van der Waals surface area contributed by atoms with Crippen LogP contribution in [-0.4, -0.2) is 26.5 Å². The lowest BCUT2D eigenvalue weighted by atomic mass is 10.0. The van der Waals surface area contributed by atoms with Crippen molar-refractivity contribution in [3.05, 3.63) is 60.2 Å². The van der Waals surface area contributed by atoms with Crippen LogP contribution in [0.15, 0.2) is 54.6 Å². The maximum Gasteiger partial charge on any atom is 0.270 e.